The number of aromatic nitrogens is 2. The smallest absolute Gasteiger partial charge is 0.227 e. The van der Waals surface area contributed by atoms with Crippen molar-refractivity contribution in [3.63, 3.8) is 0 Å². The van der Waals surface area contributed by atoms with E-state index >= 15 is 0 Å². The summed E-state index contributed by atoms with van der Waals surface area (Å²) < 4.78 is 16.9. The van der Waals surface area contributed by atoms with Crippen molar-refractivity contribution in [3.05, 3.63) is 59.0 Å². The van der Waals surface area contributed by atoms with Gasteiger partial charge in [0.05, 0.1) is 6.61 Å². The van der Waals surface area contributed by atoms with Crippen LogP contribution in [0.2, 0.25) is 0 Å². The van der Waals surface area contributed by atoms with Crippen LogP contribution in [0.25, 0.3) is 11.4 Å². The first-order valence-electron chi connectivity index (χ1n) is 10.6. The predicted molar refractivity (Wildman–Crippen MR) is 116 cm³/mol. The number of hydrogen-bond acceptors (Lipinski definition) is 6. The number of fused-ring (bicyclic) bond motifs is 1. The minimum atomic E-state index is -0.0904. The highest BCUT2D eigenvalue weighted by Gasteiger charge is 2.22. The Morgan fingerprint density at radius 2 is 2.06 bits per heavy atom. The summed E-state index contributed by atoms with van der Waals surface area (Å²) in [4.78, 5) is 16.8. The molecule has 0 bridgehead atoms. The van der Waals surface area contributed by atoms with E-state index in [-0.39, 0.29) is 18.4 Å². The van der Waals surface area contributed by atoms with Crippen molar-refractivity contribution in [1.82, 2.24) is 15.5 Å². The lowest BCUT2D eigenvalue weighted by Gasteiger charge is -2.13. The fourth-order valence-corrected chi connectivity index (χ4v) is 3.59. The van der Waals surface area contributed by atoms with E-state index in [0.29, 0.717) is 31.3 Å². The molecule has 2 aromatic carbocycles. The zero-order valence-electron chi connectivity index (χ0n) is 18.1. The van der Waals surface area contributed by atoms with Crippen molar-refractivity contribution in [2.24, 2.45) is 0 Å². The molecule has 7 nitrogen and oxygen atoms in total. The van der Waals surface area contributed by atoms with Crippen molar-refractivity contribution in [2.45, 2.75) is 52.7 Å². The highest BCUT2D eigenvalue weighted by Crippen LogP contribution is 2.35. The normalized spacial score (nSPS) is 14.7. The van der Waals surface area contributed by atoms with Gasteiger partial charge < -0.3 is 19.3 Å². The molecule has 0 fully saturated rings. The zero-order chi connectivity index (χ0) is 21.8. The number of carbonyl (C=O) groups excluding carboxylic acids is 1. The predicted octanol–water partition coefficient (Wildman–Crippen LogP) is 4.02. The van der Waals surface area contributed by atoms with Crippen molar-refractivity contribution in [1.29, 1.82) is 0 Å². The molecule has 0 aliphatic carbocycles. The Bertz CT molecular complexity index is 1060. The van der Waals surface area contributed by atoms with Crippen LogP contribution in [-0.2, 0) is 24.2 Å². The summed E-state index contributed by atoms with van der Waals surface area (Å²) >= 11 is 0. The number of nitrogens with one attached hydrogen (secondary N) is 1. The Morgan fingerprint density at radius 3 is 2.84 bits per heavy atom. The summed E-state index contributed by atoms with van der Waals surface area (Å²) in [5.74, 6) is 2.55. The molecule has 1 aromatic heterocycles. The van der Waals surface area contributed by atoms with Gasteiger partial charge in [0.2, 0.25) is 17.6 Å². The maximum atomic E-state index is 12.4. The Labute approximate surface area is 181 Å². The molecule has 0 saturated heterocycles. The molecule has 3 aromatic rings. The van der Waals surface area contributed by atoms with E-state index in [1.165, 1.54) is 5.56 Å². The van der Waals surface area contributed by atoms with Gasteiger partial charge in [-0.25, -0.2) is 0 Å². The van der Waals surface area contributed by atoms with Gasteiger partial charge in [-0.2, -0.15) is 4.98 Å². The molecule has 0 saturated carbocycles. The summed E-state index contributed by atoms with van der Waals surface area (Å²) in [6.45, 7) is 6.96. The zero-order valence-corrected chi connectivity index (χ0v) is 18.1. The van der Waals surface area contributed by atoms with Gasteiger partial charge in [-0.05, 0) is 32.9 Å². The number of nitrogens with zero attached hydrogens (tertiary/aromatic N) is 2. The largest absolute Gasteiger partial charge is 0.494 e. The number of benzene rings is 2. The Morgan fingerprint density at radius 1 is 1.26 bits per heavy atom. The lowest BCUT2D eigenvalue weighted by atomic mass is 10.1. The first kappa shape index (κ1) is 20.9. The van der Waals surface area contributed by atoms with Crippen LogP contribution < -0.4 is 14.8 Å². The van der Waals surface area contributed by atoms with Crippen molar-refractivity contribution >= 4 is 5.91 Å². The quantitative estimate of drug-likeness (QED) is 0.591. The maximum absolute atomic E-state index is 12.4. The van der Waals surface area contributed by atoms with Gasteiger partial charge in [0.1, 0.15) is 17.6 Å². The van der Waals surface area contributed by atoms with E-state index in [1.807, 2.05) is 57.2 Å². The van der Waals surface area contributed by atoms with Crippen LogP contribution in [0.4, 0.5) is 0 Å². The Balaban J connectivity index is 1.33. The fourth-order valence-electron chi connectivity index (χ4n) is 3.59. The molecular formula is C24H27N3O4. The molecule has 162 valence electrons. The molecule has 0 radical (unpaired) electrons. The van der Waals surface area contributed by atoms with E-state index in [1.54, 1.807) is 0 Å². The van der Waals surface area contributed by atoms with Crippen LogP contribution in [0.3, 0.4) is 0 Å². The monoisotopic (exact) mass is 421 g/mol. The van der Waals surface area contributed by atoms with Crippen molar-refractivity contribution in [2.75, 3.05) is 6.61 Å². The van der Waals surface area contributed by atoms with Gasteiger partial charge >= 0.3 is 0 Å². The van der Waals surface area contributed by atoms with E-state index < -0.39 is 0 Å². The number of amides is 1. The van der Waals surface area contributed by atoms with E-state index in [0.717, 1.165) is 34.6 Å². The summed E-state index contributed by atoms with van der Waals surface area (Å²) in [5, 5.41) is 6.96. The van der Waals surface area contributed by atoms with Gasteiger partial charge in [-0.15, -0.1) is 0 Å². The molecule has 1 amide bonds. The standard InChI is InChI=1S/C24H27N3O4/c1-4-29-20-12-18-11-16(3)30-21(18)13-19(20)14-25-22(28)9-10-23-26-24(27-31-23)17-7-5-15(2)6-8-17/h5-8,12-13,16H,4,9-11,14H2,1-3H3,(H,25,28)/t16-/m1/s1. The number of ether oxygens (including phenoxy) is 2. The highest BCUT2D eigenvalue weighted by atomic mass is 16.5. The van der Waals surface area contributed by atoms with Gasteiger partial charge in [-0.3, -0.25) is 4.79 Å². The lowest BCUT2D eigenvalue weighted by molar-refractivity contribution is -0.121. The van der Waals surface area contributed by atoms with Crippen LogP contribution in [0, 0.1) is 6.92 Å². The minimum Gasteiger partial charge on any atom is -0.494 e. The van der Waals surface area contributed by atoms with E-state index in [4.69, 9.17) is 14.0 Å². The molecule has 4 rings (SSSR count). The summed E-state index contributed by atoms with van der Waals surface area (Å²) in [6.07, 6.45) is 1.68. The third-order valence-electron chi connectivity index (χ3n) is 5.20. The molecule has 7 heteroatoms. The second-order valence-electron chi connectivity index (χ2n) is 7.79. The van der Waals surface area contributed by atoms with Gasteiger partial charge in [0.15, 0.2) is 0 Å². The van der Waals surface area contributed by atoms with Gasteiger partial charge in [0.25, 0.3) is 0 Å². The van der Waals surface area contributed by atoms with Crippen LogP contribution in [0.15, 0.2) is 40.9 Å². The van der Waals surface area contributed by atoms with Crippen LogP contribution >= 0.6 is 0 Å². The van der Waals surface area contributed by atoms with Crippen molar-refractivity contribution < 1.29 is 18.8 Å². The average molecular weight is 421 g/mol. The van der Waals surface area contributed by atoms with Crippen LogP contribution in [-0.4, -0.2) is 28.8 Å². The molecule has 1 aliphatic rings. The fraction of sp³-hybridized carbons (Fsp3) is 0.375. The van der Waals surface area contributed by atoms with Crippen molar-refractivity contribution in [3.8, 4) is 22.9 Å². The molecule has 1 atom stereocenters. The lowest BCUT2D eigenvalue weighted by Crippen LogP contribution is -2.23. The number of carbonyl (C=O) groups is 1. The summed E-state index contributed by atoms with van der Waals surface area (Å²) in [6, 6.07) is 11.9. The number of aryl methyl sites for hydroxylation is 2. The second-order valence-corrected chi connectivity index (χ2v) is 7.79. The minimum absolute atomic E-state index is 0.0904. The topological polar surface area (TPSA) is 86.5 Å². The van der Waals surface area contributed by atoms with Crippen LogP contribution in [0.5, 0.6) is 11.5 Å². The molecular weight excluding hydrogens is 394 g/mol. The van der Waals surface area contributed by atoms with Gasteiger partial charge in [0, 0.05) is 42.5 Å². The third kappa shape index (κ3) is 5.05. The van der Waals surface area contributed by atoms with E-state index in [2.05, 4.69) is 15.5 Å². The summed E-state index contributed by atoms with van der Waals surface area (Å²) in [5.41, 5.74) is 4.11. The second kappa shape index (κ2) is 9.20. The molecule has 2 heterocycles. The van der Waals surface area contributed by atoms with Gasteiger partial charge in [-0.1, -0.05) is 35.0 Å². The molecule has 31 heavy (non-hydrogen) atoms. The first-order valence-corrected chi connectivity index (χ1v) is 10.6. The third-order valence-corrected chi connectivity index (χ3v) is 5.20. The SMILES string of the molecule is CCOc1cc2c(cc1CNC(=O)CCc1nc(-c3ccc(C)cc3)no1)O[C@H](C)C2. The Kier molecular flexibility index (Phi) is 6.21. The maximum Gasteiger partial charge on any atom is 0.227 e. The highest BCUT2D eigenvalue weighted by molar-refractivity contribution is 5.76. The van der Waals surface area contributed by atoms with Crippen LogP contribution in [0.1, 0.15) is 42.8 Å². The molecule has 0 spiro atoms. The molecule has 1 aliphatic heterocycles. The Hall–Kier alpha value is -3.35. The number of rotatable bonds is 8. The molecule has 1 N–H and O–H groups in total. The summed E-state index contributed by atoms with van der Waals surface area (Å²) in [7, 11) is 0. The first-order chi connectivity index (χ1) is 15.0. The molecule has 0 unspecified atom stereocenters. The van der Waals surface area contributed by atoms with E-state index in [9.17, 15) is 4.79 Å². The average Bonchev–Trinajstić information content (AvgIpc) is 3.37. The number of hydrogen-bond donors (Lipinski definition) is 1.